The molecule has 0 saturated heterocycles. The predicted octanol–water partition coefficient (Wildman–Crippen LogP) is 0.779. The van der Waals surface area contributed by atoms with Gasteiger partial charge < -0.3 is 4.74 Å². The van der Waals surface area contributed by atoms with Crippen molar-refractivity contribution in [3.05, 3.63) is 47.4 Å². The summed E-state index contributed by atoms with van der Waals surface area (Å²) in [5.41, 5.74) is 11.4. The third-order valence-corrected chi connectivity index (χ3v) is 3.29. The van der Waals surface area contributed by atoms with Crippen molar-refractivity contribution in [2.24, 2.45) is 0 Å². The third kappa shape index (κ3) is 4.38. The molecule has 0 fully saturated rings. The fourth-order valence-corrected chi connectivity index (χ4v) is 2.07. The van der Waals surface area contributed by atoms with Crippen LogP contribution in [0.1, 0.15) is 16.8 Å². The number of aromatic nitrogens is 2. The van der Waals surface area contributed by atoms with Crippen LogP contribution in [0.25, 0.3) is 0 Å². The Labute approximate surface area is 134 Å². The molecule has 8 nitrogen and oxygen atoms in total. The van der Waals surface area contributed by atoms with E-state index in [4.69, 9.17) is 4.74 Å². The second-order valence-corrected chi connectivity index (χ2v) is 4.87. The SMILES string of the molecule is Cc1cccc(N(C)NNNC=O)c1COc1nccnc1C. The average Bonchev–Trinajstić information content (AvgIpc) is 2.55. The smallest absolute Gasteiger partial charge is 0.235 e. The molecule has 1 heterocycles. The van der Waals surface area contributed by atoms with Crippen LogP contribution >= 0.6 is 0 Å². The molecule has 0 unspecified atom stereocenters. The highest BCUT2D eigenvalue weighted by atomic mass is 16.5. The second kappa shape index (κ2) is 8.06. The molecule has 0 radical (unpaired) electrons. The Morgan fingerprint density at radius 3 is 2.78 bits per heavy atom. The Bertz CT molecular complexity index is 664. The van der Waals surface area contributed by atoms with Crippen LogP contribution < -0.4 is 26.2 Å². The Morgan fingerprint density at radius 2 is 2.04 bits per heavy atom. The van der Waals surface area contributed by atoms with Gasteiger partial charge in [-0.25, -0.2) is 4.98 Å². The number of carbonyl (C=O) groups is 1. The van der Waals surface area contributed by atoms with E-state index in [1.165, 1.54) is 0 Å². The summed E-state index contributed by atoms with van der Waals surface area (Å²) in [5, 5.41) is 1.74. The number of hydrazine groups is 3. The van der Waals surface area contributed by atoms with Crippen LogP contribution in [0.3, 0.4) is 0 Å². The van der Waals surface area contributed by atoms with E-state index in [2.05, 4.69) is 26.5 Å². The van der Waals surface area contributed by atoms with Crippen LogP contribution in [-0.4, -0.2) is 23.4 Å². The lowest BCUT2D eigenvalue weighted by molar-refractivity contribution is -0.110. The van der Waals surface area contributed by atoms with E-state index in [1.807, 2.05) is 39.1 Å². The molecule has 0 spiro atoms. The summed E-state index contributed by atoms with van der Waals surface area (Å²) in [7, 11) is 1.82. The summed E-state index contributed by atoms with van der Waals surface area (Å²) in [6.07, 6.45) is 3.77. The molecular weight excluding hydrogens is 296 g/mol. The number of benzene rings is 1. The van der Waals surface area contributed by atoms with Gasteiger partial charge in [0.2, 0.25) is 12.3 Å². The first-order valence-corrected chi connectivity index (χ1v) is 7.06. The first-order valence-electron chi connectivity index (χ1n) is 7.06. The molecule has 1 aromatic carbocycles. The molecule has 1 amide bonds. The molecule has 2 aromatic rings. The molecule has 23 heavy (non-hydrogen) atoms. The van der Waals surface area contributed by atoms with Crippen molar-refractivity contribution >= 4 is 12.1 Å². The monoisotopic (exact) mass is 316 g/mol. The van der Waals surface area contributed by atoms with Crippen molar-refractivity contribution in [3.8, 4) is 5.88 Å². The highest BCUT2D eigenvalue weighted by molar-refractivity contribution is 5.55. The largest absolute Gasteiger partial charge is 0.471 e. The number of amides is 1. The zero-order valence-corrected chi connectivity index (χ0v) is 13.3. The van der Waals surface area contributed by atoms with Crippen LogP contribution in [0.4, 0.5) is 5.69 Å². The Morgan fingerprint density at radius 1 is 1.26 bits per heavy atom. The Balaban J connectivity index is 2.14. The van der Waals surface area contributed by atoms with Crippen LogP contribution in [0.5, 0.6) is 5.88 Å². The van der Waals surface area contributed by atoms with Gasteiger partial charge in [0.25, 0.3) is 0 Å². The number of anilines is 1. The number of hydrogen-bond donors (Lipinski definition) is 3. The van der Waals surface area contributed by atoms with Gasteiger partial charge in [0.05, 0.1) is 11.4 Å². The minimum Gasteiger partial charge on any atom is -0.471 e. The molecule has 0 atom stereocenters. The Kier molecular flexibility index (Phi) is 5.84. The second-order valence-electron chi connectivity index (χ2n) is 4.87. The lowest BCUT2D eigenvalue weighted by Gasteiger charge is -2.24. The third-order valence-electron chi connectivity index (χ3n) is 3.29. The number of nitrogens with zero attached hydrogens (tertiary/aromatic N) is 3. The molecule has 0 saturated carbocycles. The van der Waals surface area contributed by atoms with Crippen LogP contribution in [-0.2, 0) is 11.4 Å². The first kappa shape index (κ1) is 16.7. The van der Waals surface area contributed by atoms with Crippen molar-refractivity contribution in [1.29, 1.82) is 0 Å². The molecule has 2 rings (SSSR count). The van der Waals surface area contributed by atoms with Crippen LogP contribution in [0.15, 0.2) is 30.6 Å². The molecule has 122 valence electrons. The lowest BCUT2D eigenvalue weighted by atomic mass is 10.1. The summed E-state index contributed by atoms with van der Waals surface area (Å²) in [6, 6.07) is 5.91. The number of ether oxygens (including phenoxy) is 1. The minimum atomic E-state index is 0.356. The molecule has 0 aliphatic rings. The minimum absolute atomic E-state index is 0.356. The maximum Gasteiger partial charge on any atom is 0.235 e. The molecule has 0 aliphatic heterocycles. The maximum atomic E-state index is 10.3. The molecular formula is C15H20N6O2. The van der Waals surface area contributed by atoms with E-state index in [-0.39, 0.29) is 0 Å². The highest BCUT2D eigenvalue weighted by Gasteiger charge is 2.11. The number of nitrogens with one attached hydrogen (secondary N) is 3. The van der Waals surface area contributed by atoms with Gasteiger partial charge in [0.15, 0.2) is 0 Å². The van der Waals surface area contributed by atoms with Crippen molar-refractivity contribution in [2.45, 2.75) is 20.5 Å². The number of aryl methyl sites for hydroxylation is 2. The molecule has 3 N–H and O–H groups in total. The maximum absolute atomic E-state index is 10.3. The number of hydrogen-bond acceptors (Lipinski definition) is 7. The van der Waals surface area contributed by atoms with E-state index in [9.17, 15) is 4.79 Å². The van der Waals surface area contributed by atoms with E-state index >= 15 is 0 Å². The fraction of sp³-hybridized carbons (Fsp3) is 0.267. The molecule has 8 heteroatoms. The van der Waals surface area contributed by atoms with E-state index < -0.39 is 0 Å². The van der Waals surface area contributed by atoms with Crippen molar-refractivity contribution in [3.63, 3.8) is 0 Å². The van der Waals surface area contributed by atoms with E-state index in [1.54, 1.807) is 17.4 Å². The van der Waals surface area contributed by atoms with Gasteiger partial charge in [-0.1, -0.05) is 12.1 Å². The predicted molar refractivity (Wildman–Crippen MR) is 86.2 cm³/mol. The molecule has 1 aromatic heterocycles. The summed E-state index contributed by atoms with van der Waals surface area (Å²) in [5.74, 6) is 0.512. The van der Waals surface area contributed by atoms with Crippen molar-refractivity contribution in [1.82, 2.24) is 26.5 Å². The van der Waals surface area contributed by atoms with Crippen LogP contribution in [0.2, 0.25) is 0 Å². The van der Waals surface area contributed by atoms with Gasteiger partial charge in [0.1, 0.15) is 6.61 Å². The lowest BCUT2D eigenvalue weighted by Crippen LogP contribution is -2.51. The summed E-state index contributed by atoms with van der Waals surface area (Å²) < 4.78 is 5.80. The van der Waals surface area contributed by atoms with E-state index in [0.717, 1.165) is 22.5 Å². The number of carbonyl (C=O) groups excluding carboxylic acids is 1. The quantitative estimate of drug-likeness (QED) is 0.376. The van der Waals surface area contributed by atoms with Gasteiger partial charge in [-0.15, -0.1) is 0 Å². The zero-order chi connectivity index (χ0) is 16.7. The van der Waals surface area contributed by atoms with Crippen molar-refractivity contribution < 1.29 is 9.53 Å². The zero-order valence-electron chi connectivity index (χ0n) is 13.3. The molecule has 0 bridgehead atoms. The summed E-state index contributed by atoms with van der Waals surface area (Å²) in [4.78, 5) is 18.6. The van der Waals surface area contributed by atoms with Gasteiger partial charge in [0, 0.05) is 25.0 Å². The van der Waals surface area contributed by atoms with Crippen molar-refractivity contribution in [2.75, 3.05) is 12.1 Å². The fourth-order valence-electron chi connectivity index (χ4n) is 2.07. The number of rotatable bonds is 8. The van der Waals surface area contributed by atoms with Crippen LogP contribution in [0, 0.1) is 13.8 Å². The standard InChI is InChI=1S/C15H20N6O2/c1-11-5-4-6-14(21(3)20-19-18-10-22)13(11)9-23-15-12(2)16-7-8-17-15/h4-8,10,19-20H,9H2,1-3H3,(H,18,22). The van der Waals surface area contributed by atoms with Gasteiger partial charge in [-0.05, 0) is 25.5 Å². The highest BCUT2D eigenvalue weighted by Crippen LogP contribution is 2.23. The Hall–Kier alpha value is -2.71. The average molecular weight is 316 g/mol. The van der Waals surface area contributed by atoms with Gasteiger partial charge >= 0.3 is 0 Å². The topological polar surface area (TPSA) is 91.4 Å². The van der Waals surface area contributed by atoms with E-state index in [0.29, 0.717) is 18.9 Å². The van der Waals surface area contributed by atoms with Gasteiger partial charge in [-0.3, -0.25) is 20.2 Å². The first-order chi connectivity index (χ1) is 11.1. The summed E-state index contributed by atoms with van der Waals surface area (Å²) in [6.45, 7) is 4.22. The van der Waals surface area contributed by atoms with Gasteiger partial charge in [-0.2, -0.15) is 11.1 Å². The summed E-state index contributed by atoms with van der Waals surface area (Å²) >= 11 is 0. The molecule has 0 aliphatic carbocycles. The normalized spacial score (nSPS) is 10.2.